The normalized spacial score (nSPS) is 11.3. The largest absolute Gasteiger partial charge is 0.488 e. The number of hydrogen-bond acceptors (Lipinski definition) is 4. The molecule has 3 rings (SSSR count). The third kappa shape index (κ3) is 5.96. The monoisotopic (exact) mass is 389 g/mol. The summed E-state index contributed by atoms with van der Waals surface area (Å²) in [5.74, 6) is 6.97. The minimum Gasteiger partial charge on any atom is -0.488 e. The predicted molar refractivity (Wildman–Crippen MR) is 112 cm³/mol. The number of carbonyl (C=O) groups is 1. The molecule has 0 bridgehead atoms. The van der Waals surface area contributed by atoms with Crippen molar-refractivity contribution in [2.75, 3.05) is 19.0 Å². The van der Waals surface area contributed by atoms with Gasteiger partial charge in [0.25, 0.3) is 5.91 Å². The first-order chi connectivity index (χ1) is 14.0. The summed E-state index contributed by atoms with van der Waals surface area (Å²) < 4.78 is 12.7. The van der Waals surface area contributed by atoms with Crippen molar-refractivity contribution in [3.8, 4) is 17.6 Å². The highest BCUT2D eigenvalue weighted by Gasteiger charge is 2.12. The first kappa shape index (κ1) is 20.2. The molecule has 1 amide bonds. The van der Waals surface area contributed by atoms with Crippen molar-refractivity contribution in [1.82, 2.24) is 9.78 Å². The van der Waals surface area contributed by atoms with E-state index in [1.54, 1.807) is 43.2 Å². The van der Waals surface area contributed by atoms with E-state index in [0.29, 0.717) is 29.3 Å². The number of nitrogens with zero attached hydrogens (tertiary/aromatic N) is 2. The van der Waals surface area contributed by atoms with E-state index in [1.165, 1.54) is 0 Å². The summed E-state index contributed by atoms with van der Waals surface area (Å²) in [7, 11) is 3.41. The van der Waals surface area contributed by atoms with Crippen LogP contribution in [0.1, 0.15) is 28.4 Å². The van der Waals surface area contributed by atoms with Crippen molar-refractivity contribution in [1.29, 1.82) is 0 Å². The molecule has 6 nitrogen and oxygen atoms in total. The van der Waals surface area contributed by atoms with E-state index in [9.17, 15) is 4.79 Å². The molecule has 0 spiro atoms. The van der Waals surface area contributed by atoms with Crippen LogP contribution >= 0.6 is 0 Å². The van der Waals surface area contributed by atoms with Crippen molar-refractivity contribution in [2.45, 2.75) is 13.0 Å². The zero-order valence-corrected chi connectivity index (χ0v) is 16.7. The number of aryl methyl sites for hydroxylation is 1. The number of amides is 1. The van der Waals surface area contributed by atoms with Crippen molar-refractivity contribution in [2.24, 2.45) is 7.05 Å². The van der Waals surface area contributed by atoms with Gasteiger partial charge in [0, 0.05) is 43.1 Å². The average molecular weight is 389 g/mol. The molecule has 0 unspecified atom stereocenters. The lowest BCUT2D eigenvalue weighted by Crippen LogP contribution is -2.19. The molecule has 0 aliphatic heterocycles. The first-order valence-electron chi connectivity index (χ1n) is 9.22. The molecule has 1 aromatic heterocycles. The third-order valence-corrected chi connectivity index (χ3v) is 3.99. The zero-order valence-electron chi connectivity index (χ0n) is 16.7. The van der Waals surface area contributed by atoms with Gasteiger partial charge < -0.3 is 14.8 Å². The number of methoxy groups -OCH3 is 1. The lowest BCUT2D eigenvalue weighted by Gasteiger charge is -2.15. The first-order valence-corrected chi connectivity index (χ1v) is 9.22. The van der Waals surface area contributed by atoms with E-state index >= 15 is 0 Å². The summed E-state index contributed by atoms with van der Waals surface area (Å²) in [4.78, 5) is 12.7. The number of anilines is 1. The van der Waals surface area contributed by atoms with Gasteiger partial charge in [-0.15, -0.1) is 0 Å². The number of ether oxygens (including phenoxy) is 2. The van der Waals surface area contributed by atoms with Gasteiger partial charge in [-0.25, -0.2) is 0 Å². The van der Waals surface area contributed by atoms with Gasteiger partial charge in [0.2, 0.25) is 0 Å². The summed E-state index contributed by atoms with van der Waals surface area (Å²) in [6, 6.07) is 16.7. The number of benzene rings is 2. The Hall–Kier alpha value is -3.56. The van der Waals surface area contributed by atoms with Crippen molar-refractivity contribution >= 4 is 11.7 Å². The SMILES string of the molecule is COC[C@H](C)Oc1cc(C#Cc2ccccc2)cc(C(=O)Nc2ccn(C)n2)c1. The van der Waals surface area contributed by atoms with E-state index in [0.717, 1.165) is 5.56 Å². The van der Waals surface area contributed by atoms with Crippen molar-refractivity contribution in [3.05, 3.63) is 77.5 Å². The summed E-state index contributed by atoms with van der Waals surface area (Å²) in [5, 5.41) is 6.97. The van der Waals surface area contributed by atoms with Gasteiger partial charge in [0.05, 0.1) is 6.61 Å². The molecule has 0 aliphatic rings. The Morgan fingerprint density at radius 3 is 2.59 bits per heavy atom. The Balaban J connectivity index is 1.89. The van der Waals surface area contributed by atoms with Crippen molar-refractivity contribution < 1.29 is 14.3 Å². The van der Waals surface area contributed by atoms with Gasteiger partial charge in [0.1, 0.15) is 11.9 Å². The second-order valence-corrected chi connectivity index (χ2v) is 6.57. The number of rotatable bonds is 6. The Morgan fingerprint density at radius 1 is 1.14 bits per heavy atom. The molecule has 0 radical (unpaired) electrons. The topological polar surface area (TPSA) is 65.4 Å². The predicted octanol–water partition coefficient (Wildman–Crippen LogP) is 3.49. The molecule has 148 valence electrons. The highest BCUT2D eigenvalue weighted by atomic mass is 16.5. The van der Waals surface area contributed by atoms with Crippen LogP contribution in [-0.2, 0) is 11.8 Å². The molecule has 6 heteroatoms. The molecule has 1 heterocycles. The Labute approximate surface area is 170 Å². The minimum atomic E-state index is -0.281. The fraction of sp³-hybridized carbons (Fsp3) is 0.217. The summed E-state index contributed by atoms with van der Waals surface area (Å²) in [6.07, 6.45) is 1.60. The molecular weight excluding hydrogens is 366 g/mol. The van der Waals surface area contributed by atoms with Crippen LogP contribution in [0, 0.1) is 11.8 Å². The highest BCUT2D eigenvalue weighted by Crippen LogP contribution is 2.20. The molecule has 0 saturated heterocycles. The van der Waals surface area contributed by atoms with Crippen molar-refractivity contribution in [3.63, 3.8) is 0 Å². The van der Waals surface area contributed by atoms with Crippen LogP contribution in [0.2, 0.25) is 0 Å². The highest BCUT2D eigenvalue weighted by molar-refractivity contribution is 6.04. The second-order valence-electron chi connectivity index (χ2n) is 6.57. The van der Waals surface area contributed by atoms with E-state index in [-0.39, 0.29) is 12.0 Å². The van der Waals surface area contributed by atoms with Crippen LogP contribution in [0.15, 0.2) is 60.8 Å². The minimum absolute atomic E-state index is 0.163. The molecule has 29 heavy (non-hydrogen) atoms. The maximum Gasteiger partial charge on any atom is 0.257 e. The van der Waals surface area contributed by atoms with Crippen LogP contribution in [0.3, 0.4) is 0 Å². The maximum atomic E-state index is 12.7. The maximum absolute atomic E-state index is 12.7. The standard InChI is InChI=1S/C23H23N3O3/c1-17(16-28-3)29-21-14-19(10-9-18-7-5-4-6-8-18)13-20(15-21)23(27)24-22-11-12-26(2)25-22/h4-8,11-15,17H,16H2,1-3H3,(H,24,25,27)/t17-/m0/s1. The van der Waals surface area contributed by atoms with Crippen LogP contribution < -0.4 is 10.1 Å². The van der Waals surface area contributed by atoms with Gasteiger partial charge in [-0.3, -0.25) is 9.48 Å². The molecular formula is C23H23N3O3. The van der Waals surface area contributed by atoms with Gasteiger partial charge in [0.15, 0.2) is 5.82 Å². The summed E-state index contributed by atoms with van der Waals surface area (Å²) in [6.45, 7) is 2.34. The number of hydrogen-bond donors (Lipinski definition) is 1. The van der Waals surface area contributed by atoms with Crippen LogP contribution in [0.5, 0.6) is 5.75 Å². The number of aromatic nitrogens is 2. The second kappa shape index (κ2) is 9.58. The van der Waals surface area contributed by atoms with Crippen LogP contribution in [0.25, 0.3) is 0 Å². The number of nitrogens with one attached hydrogen (secondary N) is 1. The average Bonchev–Trinajstić information content (AvgIpc) is 3.11. The van der Waals surface area contributed by atoms with Gasteiger partial charge in [-0.2, -0.15) is 5.10 Å². The summed E-state index contributed by atoms with van der Waals surface area (Å²) in [5.41, 5.74) is 2.02. The van der Waals surface area contributed by atoms with E-state index in [2.05, 4.69) is 22.3 Å². The molecule has 1 atom stereocenters. The van der Waals surface area contributed by atoms with Crippen LogP contribution in [-0.4, -0.2) is 35.5 Å². The molecule has 2 aromatic carbocycles. The Morgan fingerprint density at radius 2 is 1.90 bits per heavy atom. The van der Waals surface area contributed by atoms with E-state index < -0.39 is 0 Å². The molecule has 3 aromatic rings. The van der Waals surface area contributed by atoms with Gasteiger partial charge in [-0.1, -0.05) is 30.0 Å². The summed E-state index contributed by atoms with van der Waals surface area (Å²) >= 11 is 0. The fourth-order valence-corrected chi connectivity index (χ4v) is 2.71. The smallest absolute Gasteiger partial charge is 0.257 e. The Kier molecular flexibility index (Phi) is 6.67. The lowest BCUT2D eigenvalue weighted by atomic mass is 10.1. The quantitative estimate of drug-likeness (QED) is 0.656. The number of carbonyl (C=O) groups excluding carboxylic acids is 1. The lowest BCUT2D eigenvalue weighted by molar-refractivity contribution is 0.0917. The molecule has 0 fully saturated rings. The van der Waals surface area contributed by atoms with Gasteiger partial charge >= 0.3 is 0 Å². The molecule has 0 saturated carbocycles. The third-order valence-electron chi connectivity index (χ3n) is 3.99. The molecule has 1 N–H and O–H groups in total. The zero-order chi connectivity index (χ0) is 20.6. The fourth-order valence-electron chi connectivity index (χ4n) is 2.71. The van der Waals surface area contributed by atoms with E-state index in [4.69, 9.17) is 9.47 Å². The molecule has 0 aliphatic carbocycles. The van der Waals surface area contributed by atoms with E-state index in [1.807, 2.05) is 43.3 Å². The Bertz CT molecular complexity index is 1030. The van der Waals surface area contributed by atoms with Crippen LogP contribution in [0.4, 0.5) is 5.82 Å². The van der Waals surface area contributed by atoms with Gasteiger partial charge in [-0.05, 0) is 37.3 Å².